The second-order valence-electron chi connectivity index (χ2n) is 7.37. The van der Waals surface area contributed by atoms with Crippen LogP contribution in [-0.2, 0) is 17.9 Å². The molecule has 2 unspecified atom stereocenters. The highest BCUT2D eigenvalue weighted by atomic mass is 35.5. The summed E-state index contributed by atoms with van der Waals surface area (Å²) < 4.78 is 1.79. The minimum absolute atomic E-state index is 0. The molecule has 2 saturated heterocycles. The van der Waals surface area contributed by atoms with E-state index in [1.807, 2.05) is 0 Å². The molecule has 1 amide bonds. The van der Waals surface area contributed by atoms with Crippen molar-refractivity contribution in [2.45, 2.75) is 57.3 Å². The molecule has 2 N–H and O–H groups in total. The first-order valence-corrected chi connectivity index (χ1v) is 9.17. The van der Waals surface area contributed by atoms with Crippen molar-refractivity contribution in [2.75, 3.05) is 0 Å². The van der Waals surface area contributed by atoms with Crippen molar-refractivity contribution < 1.29 is 4.79 Å². The Morgan fingerprint density at radius 3 is 2.41 bits per heavy atom. The quantitative estimate of drug-likeness (QED) is 0.766. The number of nitrogens with zero attached hydrogens (tertiary/aromatic N) is 3. The van der Waals surface area contributed by atoms with Crippen molar-refractivity contribution >= 4 is 30.7 Å². The van der Waals surface area contributed by atoms with Crippen molar-refractivity contribution in [1.82, 2.24) is 25.4 Å². The van der Waals surface area contributed by atoms with Crippen LogP contribution in [0.2, 0.25) is 0 Å². The Labute approximate surface area is 172 Å². The first-order valence-electron chi connectivity index (χ1n) is 9.17. The molecule has 4 rings (SSSR count). The average Bonchev–Trinajstić information content (AvgIpc) is 3.24. The number of benzene rings is 1. The molecule has 1 aromatic carbocycles. The minimum Gasteiger partial charge on any atom is -0.352 e. The Morgan fingerprint density at radius 1 is 1.11 bits per heavy atom. The fourth-order valence-electron chi connectivity index (χ4n) is 4.14. The van der Waals surface area contributed by atoms with E-state index in [0.29, 0.717) is 37.5 Å². The van der Waals surface area contributed by atoms with Crippen LogP contribution in [0.5, 0.6) is 0 Å². The number of nitrogens with one attached hydrogen (secondary N) is 2. The smallest absolute Gasteiger partial charge is 0.220 e. The van der Waals surface area contributed by atoms with E-state index in [2.05, 4.69) is 45.0 Å². The van der Waals surface area contributed by atoms with Crippen LogP contribution in [0.15, 0.2) is 36.9 Å². The molecule has 2 aromatic rings. The summed E-state index contributed by atoms with van der Waals surface area (Å²) in [5.74, 6) is 0.724. The average molecular weight is 412 g/mol. The van der Waals surface area contributed by atoms with Gasteiger partial charge in [-0.25, -0.2) is 9.67 Å². The van der Waals surface area contributed by atoms with Crippen molar-refractivity contribution in [3.05, 3.63) is 48.0 Å². The third kappa shape index (κ3) is 5.92. The van der Waals surface area contributed by atoms with Gasteiger partial charge in [0.2, 0.25) is 5.91 Å². The number of fused-ring (bicyclic) bond motifs is 2. The molecule has 6 nitrogen and oxygen atoms in total. The summed E-state index contributed by atoms with van der Waals surface area (Å²) in [5, 5.41) is 10.8. The van der Waals surface area contributed by atoms with Gasteiger partial charge in [0, 0.05) is 25.0 Å². The van der Waals surface area contributed by atoms with Crippen LogP contribution in [0, 0.1) is 5.92 Å². The van der Waals surface area contributed by atoms with E-state index in [1.165, 1.54) is 24.7 Å². The van der Waals surface area contributed by atoms with Gasteiger partial charge in [0.15, 0.2) is 0 Å². The zero-order valence-corrected chi connectivity index (χ0v) is 16.8. The molecule has 0 radical (unpaired) electrons. The lowest BCUT2D eigenvalue weighted by atomic mass is 9.89. The normalized spacial score (nSPS) is 23.2. The second-order valence-corrected chi connectivity index (χ2v) is 7.37. The van der Waals surface area contributed by atoms with Gasteiger partial charge in [0.1, 0.15) is 12.7 Å². The number of rotatable bonds is 6. The second kappa shape index (κ2) is 10.1. The Morgan fingerprint density at radius 2 is 1.78 bits per heavy atom. The van der Waals surface area contributed by atoms with Gasteiger partial charge in [-0.05, 0) is 42.7 Å². The third-order valence-corrected chi connectivity index (χ3v) is 5.37. The third-order valence-electron chi connectivity index (χ3n) is 5.37. The molecule has 2 fully saturated rings. The van der Waals surface area contributed by atoms with Crippen LogP contribution in [0.25, 0.3) is 0 Å². The van der Waals surface area contributed by atoms with E-state index >= 15 is 0 Å². The van der Waals surface area contributed by atoms with Gasteiger partial charge in [-0.1, -0.05) is 24.3 Å². The van der Waals surface area contributed by atoms with Crippen molar-refractivity contribution in [3.63, 3.8) is 0 Å². The van der Waals surface area contributed by atoms with Crippen molar-refractivity contribution in [1.29, 1.82) is 0 Å². The lowest BCUT2D eigenvalue weighted by molar-refractivity contribution is -0.122. The first kappa shape index (κ1) is 21.7. The molecule has 0 spiro atoms. The fourth-order valence-corrected chi connectivity index (χ4v) is 4.14. The van der Waals surface area contributed by atoms with E-state index in [0.717, 1.165) is 18.4 Å². The number of carbonyl (C=O) groups is 1. The highest BCUT2D eigenvalue weighted by Gasteiger charge is 2.34. The topological polar surface area (TPSA) is 71.8 Å². The Hall–Kier alpha value is -1.63. The first-order chi connectivity index (χ1) is 12.2. The van der Waals surface area contributed by atoms with E-state index in [1.54, 1.807) is 11.0 Å². The molecule has 2 bridgehead atoms. The highest BCUT2D eigenvalue weighted by Crippen LogP contribution is 2.32. The van der Waals surface area contributed by atoms with Crippen LogP contribution in [-0.4, -0.2) is 32.8 Å². The summed E-state index contributed by atoms with van der Waals surface area (Å²) in [6, 6.07) is 9.58. The van der Waals surface area contributed by atoms with Crippen LogP contribution in [0.3, 0.4) is 0 Å². The number of halogens is 2. The van der Waals surface area contributed by atoms with Crippen LogP contribution < -0.4 is 10.6 Å². The summed E-state index contributed by atoms with van der Waals surface area (Å²) in [5.41, 5.74) is 2.30. The number of carbonyl (C=O) groups excluding carboxylic acids is 1. The number of piperidine rings is 1. The maximum atomic E-state index is 12.2. The molecule has 2 aliphatic heterocycles. The van der Waals surface area contributed by atoms with E-state index < -0.39 is 0 Å². The molecular weight excluding hydrogens is 385 g/mol. The summed E-state index contributed by atoms with van der Waals surface area (Å²) in [7, 11) is 0. The van der Waals surface area contributed by atoms with Gasteiger partial charge in [-0.3, -0.25) is 4.79 Å². The van der Waals surface area contributed by atoms with E-state index in [4.69, 9.17) is 0 Å². The van der Waals surface area contributed by atoms with Gasteiger partial charge in [0.05, 0.1) is 6.54 Å². The predicted molar refractivity (Wildman–Crippen MR) is 109 cm³/mol. The van der Waals surface area contributed by atoms with Crippen molar-refractivity contribution in [3.8, 4) is 0 Å². The number of hydrogen-bond acceptors (Lipinski definition) is 4. The lowest BCUT2D eigenvalue weighted by Gasteiger charge is -2.28. The number of amides is 1. The molecule has 0 aliphatic carbocycles. The molecule has 2 aliphatic rings. The zero-order valence-electron chi connectivity index (χ0n) is 15.2. The molecule has 148 valence electrons. The van der Waals surface area contributed by atoms with Gasteiger partial charge < -0.3 is 10.6 Å². The van der Waals surface area contributed by atoms with E-state index in [9.17, 15) is 4.79 Å². The Balaban J connectivity index is 0.00000131. The fraction of sp³-hybridized carbons (Fsp3) is 0.526. The van der Waals surface area contributed by atoms with Gasteiger partial charge >= 0.3 is 0 Å². The molecule has 2 atom stereocenters. The number of hydrogen-bond donors (Lipinski definition) is 2. The van der Waals surface area contributed by atoms with Crippen LogP contribution >= 0.6 is 24.8 Å². The zero-order chi connectivity index (χ0) is 17.1. The predicted octanol–water partition coefficient (Wildman–Crippen LogP) is 2.71. The Bertz CT molecular complexity index is 695. The van der Waals surface area contributed by atoms with Crippen molar-refractivity contribution in [2.24, 2.45) is 5.92 Å². The summed E-state index contributed by atoms with van der Waals surface area (Å²) in [6.07, 6.45) is 8.78. The van der Waals surface area contributed by atoms with Gasteiger partial charge in [0.25, 0.3) is 0 Å². The van der Waals surface area contributed by atoms with E-state index in [-0.39, 0.29) is 30.7 Å². The maximum absolute atomic E-state index is 12.2. The largest absolute Gasteiger partial charge is 0.352 e. The monoisotopic (exact) mass is 411 g/mol. The van der Waals surface area contributed by atoms with Crippen LogP contribution in [0.1, 0.15) is 43.2 Å². The molecular formula is C19H27Cl2N5O. The standard InChI is InChI=1S/C19H25N5O.2ClH/c25-19(9-16-7-17-5-6-18(8-16)23-17)21-10-14-1-3-15(4-2-14)11-24-13-20-12-22-24;;/h1-4,12-13,16-18,23H,5-11H2,(H,21,25);2*1H. The summed E-state index contributed by atoms with van der Waals surface area (Å²) >= 11 is 0. The van der Waals surface area contributed by atoms with Gasteiger partial charge in [-0.2, -0.15) is 5.10 Å². The van der Waals surface area contributed by atoms with Crippen LogP contribution in [0.4, 0.5) is 0 Å². The molecule has 3 heterocycles. The molecule has 8 heteroatoms. The maximum Gasteiger partial charge on any atom is 0.220 e. The molecule has 27 heavy (non-hydrogen) atoms. The molecule has 1 aromatic heterocycles. The Kier molecular flexibility index (Phi) is 8.07. The molecule has 0 saturated carbocycles. The minimum atomic E-state index is 0. The lowest BCUT2D eigenvalue weighted by Crippen LogP contribution is -2.39. The highest BCUT2D eigenvalue weighted by molar-refractivity contribution is 5.85. The summed E-state index contributed by atoms with van der Waals surface area (Å²) in [4.78, 5) is 16.2. The number of aromatic nitrogens is 3. The summed E-state index contributed by atoms with van der Waals surface area (Å²) in [6.45, 7) is 1.31. The van der Waals surface area contributed by atoms with Gasteiger partial charge in [-0.15, -0.1) is 24.8 Å². The SMILES string of the molecule is Cl.Cl.O=C(CC1CC2CCC(C1)N2)NCc1ccc(Cn2cncn2)cc1.